The minimum absolute atomic E-state index is 0.0524. The number of amidine groups is 1. The van der Waals surface area contributed by atoms with Crippen molar-refractivity contribution >= 4 is 5.84 Å². The minimum atomic E-state index is 0.0524. The molecule has 4 N–H and O–H groups in total. The highest BCUT2D eigenvalue weighted by molar-refractivity contribution is 5.81. The van der Waals surface area contributed by atoms with Crippen LogP contribution in [0, 0.1) is 13.8 Å². The molecule has 1 heterocycles. The molecule has 0 bridgehead atoms. The van der Waals surface area contributed by atoms with Crippen LogP contribution in [-0.2, 0) is 0 Å². The summed E-state index contributed by atoms with van der Waals surface area (Å²) in [6, 6.07) is 0.0524. The third-order valence-electron chi connectivity index (χ3n) is 2.24. The van der Waals surface area contributed by atoms with Gasteiger partial charge >= 0.3 is 0 Å². The second-order valence-electron chi connectivity index (χ2n) is 3.43. The zero-order valence-corrected chi connectivity index (χ0v) is 9.11. The fourth-order valence-corrected chi connectivity index (χ4v) is 1.50. The Morgan fingerprint density at radius 3 is 2.80 bits per heavy atom. The number of hydrogen-bond donors (Lipinski definition) is 3. The van der Waals surface area contributed by atoms with Gasteiger partial charge in [0.05, 0.1) is 12.2 Å². The Hall–Kier alpha value is -1.56. The van der Waals surface area contributed by atoms with Crippen LogP contribution in [0.5, 0.6) is 0 Å². The van der Waals surface area contributed by atoms with Crippen LogP contribution < -0.4 is 11.1 Å². The van der Waals surface area contributed by atoms with Crippen molar-refractivity contribution in [2.75, 3.05) is 6.54 Å². The summed E-state index contributed by atoms with van der Waals surface area (Å²) in [5.74, 6) is 0.931. The maximum atomic E-state index is 8.38. The van der Waals surface area contributed by atoms with Crippen molar-refractivity contribution in [2.45, 2.75) is 26.8 Å². The Labute approximate surface area is 88.1 Å². The topological polar surface area (TPSA) is 96.7 Å². The first kappa shape index (κ1) is 11.5. The van der Waals surface area contributed by atoms with E-state index in [4.69, 9.17) is 15.5 Å². The molecule has 84 valence electrons. The van der Waals surface area contributed by atoms with Crippen molar-refractivity contribution < 1.29 is 9.73 Å². The number of nitrogens with two attached hydrogens (primary N) is 1. The summed E-state index contributed by atoms with van der Waals surface area (Å²) in [5.41, 5.74) is 7.22. The lowest BCUT2D eigenvalue weighted by Gasteiger charge is -2.12. The molecule has 0 spiro atoms. The van der Waals surface area contributed by atoms with Crippen LogP contribution >= 0.6 is 0 Å². The van der Waals surface area contributed by atoms with Crippen molar-refractivity contribution in [3.63, 3.8) is 0 Å². The lowest BCUT2D eigenvalue weighted by molar-refractivity contribution is 0.316. The van der Waals surface area contributed by atoms with Crippen molar-refractivity contribution in [2.24, 2.45) is 10.9 Å². The smallest absolute Gasteiger partial charge is 0.153 e. The van der Waals surface area contributed by atoms with Crippen molar-refractivity contribution in [1.29, 1.82) is 0 Å². The molecular formula is C9H16N4O2. The average molecular weight is 212 g/mol. The van der Waals surface area contributed by atoms with Gasteiger partial charge in [-0.15, -0.1) is 0 Å². The quantitative estimate of drug-likeness (QED) is 0.295. The number of aromatic nitrogens is 1. The van der Waals surface area contributed by atoms with Crippen LogP contribution in [0.3, 0.4) is 0 Å². The first-order valence-corrected chi connectivity index (χ1v) is 4.68. The van der Waals surface area contributed by atoms with Crippen molar-refractivity contribution in [1.82, 2.24) is 10.5 Å². The Morgan fingerprint density at radius 1 is 1.67 bits per heavy atom. The van der Waals surface area contributed by atoms with Gasteiger partial charge in [-0.1, -0.05) is 10.3 Å². The summed E-state index contributed by atoms with van der Waals surface area (Å²) in [7, 11) is 0. The molecule has 1 aromatic rings. The number of hydrogen-bond acceptors (Lipinski definition) is 5. The van der Waals surface area contributed by atoms with Crippen LogP contribution in [0.25, 0.3) is 0 Å². The molecule has 1 unspecified atom stereocenters. The molecule has 0 radical (unpaired) electrons. The monoisotopic (exact) mass is 212 g/mol. The van der Waals surface area contributed by atoms with Crippen LogP contribution in [0.2, 0.25) is 0 Å². The molecule has 6 heteroatoms. The van der Waals surface area contributed by atoms with E-state index in [0.29, 0.717) is 6.54 Å². The fraction of sp³-hybridized carbons (Fsp3) is 0.556. The molecule has 15 heavy (non-hydrogen) atoms. The average Bonchev–Trinajstić information content (AvgIpc) is 2.54. The Bertz CT molecular complexity index is 339. The van der Waals surface area contributed by atoms with Gasteiger partial charge in [-0.3, -0.25) is 0 Å². The van der Waals surface area contributed by atoms with E-state index in [9.17, 15) is 0 Å². The molecule has 0 aliphatic carbocycles. The zero-order chi connectivity index (χ0) is 11.4. The van der Waals surface area contributed by atoms with Crippen molar-refractivity contribution in [3.05, 3.63) is 17.0 Å². The van der Waals surface area contributed by atoms with Gasteiger partial charge in [0.15, 0.2) is 5.84 Å². The normalized spacial score (nSPS) is 14.2. The highest BCUT2D eigenvalue weighted by Crippen LogP contribution is 2.20. The summed E-state index contributed by atoms with van der Waals surface area (Å²) in [5, 5.41) is 18.2. The van der Waals surface area contributed by atoms with Crippen molar-refractivity contribution in [3.8, 4) is 0 Å². The molecular weight excluding hydrogens is 196 g/mol. The van der Waals surface area contributed by atoms with Gasteiger partial charge in [0, 0.05) is 11.6 Å². The predicted octanol–water partition coefficient (Wildman–Crippen LogP) is 0.688. The Morgan fingerprint density at radius 2 is 2.33 bits per heavy atom. The first-order chi connectivity index (χ1) is 7.06. The molecule has 0 saturated carbocycles. The second kappa shape index (κ2) is 4.79. The van der Waals surface area contributed by atoms with Gasteiger partial charge in [0.1, 0.15) is 5.76 Å². The first-order valence-electron chi connectivity index (χ1n) is 4.68. The number of rotatable bonds is 4. The Kier molecular flexibility index (Phi) is 3.68. The Balaban J connectivity index is 2.65. The van der Waals surface area contributed by atoms with Gasteiger partial charge in [-0.25, -0.2) is 0 Å². The lowest BCUT2D eigenvalue weighted by atomic mass is 10.1. The lowest BCUT2D eigenvalue weighted by Crippen LogP contribution is -2.31. The van der Waals surface area contributed by atoms with Crippen LogP contribution in [0.1, 0.15) is 30.0 Å². The van der Waals surface area contributed by atoms with Crippen LogP contribution in [-0.4, -0.2) is 22.7 Å². The van der Waals surface area contributed by atoms with E-state index in [1.54, 1.807) is 0 Å². The van der Waals surface area contributed by atoms with E-state index < -0.39 is 0 Å². The molecule has 0 aliphatic heterocycles. The highest BCUT2D eigenvalue weighted by atomic mass is 16.5. The van der Waals surface area contributed by atoms with E-state index in [1.807, 2.05) is 20.8 Å². The van der Waals surface area contributed by atoms with E-state index >= 15 is 0 Å². The summed E-state index contributed by atoms with van der Waals surface area (Å²) < 4.78 is 5.05. The van der Waals surface area contributed by atoms with E-state index in [-0.39, 0.29) is 11.9 Å². The summed E-state index contributed by atoms with van der Waals surface area (Å²) in [4.78, 5) is 0. The molecule has 0 aromatic carbocycles. The van der Waals surface area contributed by atoms with Gasteiger partial charge in [0.25, 0.3) is 0 Å². The molecule has 0 fully saturated rings. The van der Waals surface area contributed by atoms with E-state index in [0.717, 1.165) is 17.0 Å². The summed E-state index contributed by atoms with van der Waals surface area (Å²) >= 11 is 0. The minimum Gasteiger partial charge on any atom is -0.409 e. The maximum absolute atomic E-state index is 8.38. The highest BCUT2D eigenvalue weighted by Gasteiger charge is 2.15. The third kappa shape index (κ3) is 2.69. The van der Waals surface area contributed by atoms with Gasteiger partial charge in [-0.2, -0.15) is 0 Å². The molecule has 1 aromatic heterocycles. The third-order valence-corrected chi connectivity index (χ3v) is 2.24. The number of nitrogens with one attached hydrogen (secondary N) is 1. The molecule has 1 rings (SSSR count). The van der Waals surface area contributed by atoms with Crippen LogP contribution in [0.4, 0.5) is 0 Å². The number of nitrogens with zero attached hydrogens (tertiary/aromatic N) is 2. The SMILES string of the molecule is Cc1noc(C)c1C(C)NCC(N)=NO. The van der Waals surface area contributed by atoms with Gasteiger partial charge < -0.3 is 20.8 Å². The largest absolute Gasteiger partial charge is 0.409 e. The molecule has 0 amide bonds. The molecule has 6 nitrogen and oxygen atoms in total. The fourth-order valence-electron chi connectivity index (χ4n) is 1.50. The van der Waals surface area contributed by atoms with E-state index in [1.165, 1.54) is 0 Å². The zero-order valence-electron chi connectivity index (χ0n) is 9.11. The second-order valence-corrected chi connectivity index (χ2v) is 3.43. The summed E-state index contributed by atoms with van der Waals surface area (Å²) in [6.07, 6.45) is 0. The molecule has 1 atom stereocenters. The summed E-state index contributed by atoms with van der Waals surface area (Å²) in [6.45, 7) is 6.03. The molecule has 0 aliphatic rings. The molecule has 0 saturated heterocycles. The number of oxime groups is 1. The standard InChI is InChI=1S/C9H16N4O2/c1-5(11-4-8(10)12-14)9-6(2)13-15-7(9)3/h5,11,14H,4H2,1-3H3,(H2,10,12). The van der Waals surface area contributed by atoms with Gasteiger partial charge in [0.2, 0.25) is 0 Å². The van der Waals surface area contributed by atoms with Crippen LogP contribution in [0.15, 0.2) is 9.68 Å². The van der Waals surface area contributed by atoms with E-state index in [2.05, 4.69) is 15.6 Å². The number of aryl methyl sites for hydroxylation is 2. The predicted molar refractivity (Wildman–Crippen MR) is 55.8 cm³/mol. The maximum Gasteiger partial charge on any atom is 0.153 e. The van der Waals surface area contributed by atoms with Gasteiger partial charge in [-0.05, 0) is 20.8 Å².